The Labute approximate surface area is 208 Å². The van der Waals surface area contributed by atoms with Crippen molar-refractivity contribution < 1.29 is 9.90 Å². The molecule has 1 aliphatic heterocycles. The van der Waals surface area contributed by atoms with Crippen LogP contribution in [0.2, 0.25) is 0 Å². The van der Waals surface area contributed by atoms with E-state index in [0.717, 1.165) is 41.6 Å². The van der Waals surface area contributed by atoms with Crippen LogP contribution < -0.4 is 10.6 Å². The molecule has 0 saturated carbocycles. The van der Waals surface area contributed by atoms with E-state index < -0.39 is 5.91 Å². The van der Waals surface area contributed by atoms with Crippen molar-refractivity contribution in [1.82, 2.24) is 24.4 Å². The normalized spacial score (nSPS) is 12.4. The van der Waals surface area contributed by atoms with Crippen LogP contribution in [0.25, 0.3) is 16.9 Å². The van der Waals surface area contributed by atoms with E-state index in [0.29, 0.717) is 11.4 Å². The van der Waals surface area contributed by atoms with Gasteiger partial charge in [0.05, 0.1) is 11.4 Å². The Bertz CT molecular complexity index is 1550. The van der Waals surface area contributed by atoms with E-state index in [1.165, 1.54) is 11.1 Å². The number of hydrogen-bond donors (Lipinski definition) is 2. The van der Waals surface area contributed by atoms with Crippen LogP contribution in [0.15, 0.2) is 66.7 Å². The average molecular weight is 482 g/mol. The number of fused-ring (bicyclic) bond motifs is 2. The summed E-state index contributed by atoms with van der Waals surface area (Å²) in [6, 6.07) is 20.8. The first kappa shape index (κ1) is 23.1. The van der Waals surface area contributed by atoms with Gasteiger partial charge in [-0.25, -0.2) is 9.50 Å². The van der Waals surface area contributed by atoms with Crippen LogP contribution in [0.4, 0.5) is 5.82 Å². The number of hydrogen-bond acceptors (Lipinski definition) is 6. The zero-order valence-electron chi connectivity index (χ0n) is 20.4. The summed E-state index contributed by atoms with van der Waals surface area (Å²) in [6.45, 7) is 5.57. The van der Waals surface area contributed by atoms with Crippen molar-refractivity contribution in [3.05, 3.63) is 94.9 Å². The lowest BCUT2D eigenvalue weighted by atomic mass is 10.1. The summed E-state index contributed by atoms with van der Waals surface area (Å²) >= 11 is 0. The molecule has 3 N–H and O–H groups in total. The van der Waals surface area contributed by atoms with Gasteiger partial charge in [-0.15, -0.1) is 0 Å². The summed E-state index contributed by atoms with van der Waals surface area (Å²) in [7, 11) is 1.92. The molecule has 9 heteroatoms. The molecule has 0 bridgehead atoms. The van der Waals surface area contributed by atoms with Crippen molar-refractivity contribution in [3.8, 4) is 17.0 Å². The van der Waals surface area contributed by atoms with Crippen molar-refractivity contribution in [2.45, 2.75) is 26.9 Å². The average Bonchev–Trinajstić information content (AvgIpc) is 3.55. The number of nitrogens with two attached hydrogens (primary N) is 1. The number of carbonyl (C=O) groups is 1. The number of phenolic OH excluding ortho intramolecular Hbond substituents is 1. The van der Waals surface area contributed by atoms with E-state index in [4.69, 9.17) is 15.8 Å². The van der Waals surface area contributed by atoms with E-state index in [2.05, 4.69) is 39.4 Å². The minimum absolute atomic E-state index is 0.194. The number of primary amides is 1. The van der Waals surface area contributed by atoms with Crippen LogP contribution in [0.3, 0.4) is 0 Å². The molecular formula is C27H27N7O2. The Morgan fingerprint density at radius 3 is 2.11 bits per heavy atom. The number of rotatable bonds is 3. The molecule has 1 amide bonds. The number of aromatic hydroxyl groups is 1. The summed E-state index contributed by atoms with van der Waals surface area (Å²) in [5, 5.41) is 17.6. The quantitative estimate of drug-likeness (QED) is 0.406. The minimum Gasteiger partial charge on any atom is -0.508 e. The molecule has 0 spiro atoms. The highest BCUT2D eigenvalue weighted by molar-refractivity contribution is 5.92. The van der Waals surface area contributed by atoms with Gasteiger partial charge in [-0.05, 0) is 37.1 Å². The summed E-state index contributed by atoms with van der Waals surface area (Å²) in [5.74, 6) is 0.584. The molecule has 0 radical (unpaired) electrons. The molecular weight excluding hydrogens is 454 g/mol. The lowest BCUT2D eigenvalue weighted by molar-refractivity contribution is 0.0995. The van der Waals surface area contributed by atoms with Gasteiger partial charge >= 0.3 is 0 Å². The summed E-state index contributed by atoms with van der Waals surface area (Å²) in [4.78, 5) is 18.8. The number of nitrogens with zero attached hydrogens (tertiary/aromatic N) is 6. The Balaban J connectivity index is 0.000000330. The van der Waals surface area contributed by atoms with Gasteiger partial charge in [-0.2, -0.15) is 10.2 Å². The monoisotopic (exact) mass is 481 g/mol. The molecule has 0 fully saturated rings. The van der Waals surface area contributed by atoms with Crippen molar-refractivity contribution in [2.75, 3.05) is 4.90 Å². The second-order valence-electron chi connectivity index (χ2n) is 8.79. The number of aromatic nitrogens is 5. The van der Waals surface area contributed by atoms with Crippen LogP contribution in [0, 0.1) is 13.8 Å². The second-order valence-corrected chi connectivity index (χ2v) is 8.79. The molecule has 3 aromatic heterocycles. The van der Waals surface area contributed by atoms with E-state index in [1.54, 1.807) is 34.8 Å². The van der Waals surface area contributed by atoms with Gasteiger partial charge in [0.25, 0.3) is 5.91 Å². The largest absolute Gasteiger partial charge is 0.508 e. The predicted molar refractivity (Wildman–Crippen MR) is 138 cm³/mol. The summed E-state index contributed by atoms with van der Waals surface area (Å²) in [6.07, 6.45) is 0. The maximum absolute atomic E-state index is 11.7. The molecule has 0 atom stereocenters. The van der Waals surface area contributed by atoms with Crippen LogP contribution in [0.1, 0.15) is 33.0 Å². The molecule has 1 aliphatic rings. The Hall–Kier alpha value is -4.66. The number of amides is 1. The topological polar surface area (TPSA) is 115 Å². The molecule has 6 rings (SSSR count). The molecule has 5 aromatic rings. The van der Waals surface area contributed by atoms with E-state index in [1.807, 2.05) is 37.7 Å². The van der Waals surface area contributed by atoms with Crippen molar-refractivity contribution in [2.24, 2.45) is 12.8 Å². The maximum atomic E-state index is 11.7. The zero-order valence-corrected chi connectivity index (χ0v) is 20.4. The first-order valence-electron chi connectivity index (χ1n) is 11.6. The minimum atomic E-state index is -0.573. The molecule has 0 unspecified atom stereocenters. The van der Waals surface area contributed by atoms with Gasteiger partial charge in [0.2, 0.25) is 0 Å². The number of aryl methyl sites for hydroxylation is 2. The lowest BCUT2D eigenvalue weighted by Gasteiger charge is -2.18. The van der Waals surface area contributed by atoms with Crippen LogP contribution in [-0.4, -0.2) is 35.4 Å². The Morgan fingerprint density at radius 2 is 1.58 bits per heavy atom. The highest BCUT2D eigenvalue weighted by Gasteiger charge is 2.24. The first-order chi connectivity index (χ1) is 17.3. The smallest absolute Gasteiger partial charge is 0.269 e. The van der Waals surface area contributed by atoms with Gasteiger partial charge in [-0.1, -0.05) is 42.5 Å². The molecule has 2 aromatic carbocycles. The SMILES string of the molecule is Cc1nn(C)c(C)c1-c1cc(N2Cc3ccccc3C2)nc2cc(C(N)=O)nn12.Oc1ccccc1. The molecule has 0 aliphatic carbocycles. The van der Waals surface area contributed by atoms with Crippen molar-refractivity contribution in [1.29, 1.82) is 0 Å². The number of phenols is 1. The van der Waals surface area contributed by atoms with E-state index in [-0.39, 0.29) is 5.69 Å². The van der Waals surface area contributed by atoms with Gasteiger partial charge in [0, 0.05) is 43.5 Å². The third kappa shape index (κ3) is 4.26. The highest BCUT2D eigenvalue weighted by Crippen LogP contribution is 2.33. The van der Waals surface area contributed by atoms with Crippen LogP contribution in [0.5, 0.6) is 5.75 Å². The number of para-hydroxylation sites is 1. The predicted octanol–water partition coefficient (Wildman–Crippen LogP) is 3.76. The van der Waals surface area contributed by atoms with Gasteiger partial charge in [-0.3, -0.25) is 9.48 Å². The van der Waals surface area contributed by atoms with Crippen LogP contribution >= 0.6 is 0 Å². The van der Waals surface area contributed by atoms with Gasteiger partial charge < -0.3 is 15.7 Å². The molecule has 4 heterocycles. The number of carbonyl (C=O) groups excluding carboxylic acids is 1. The summed E-state index contributed by atoms with van der Waals surface area (Å²) in [5.41, 5.74) is 12.6. The lowest BCUT2D eigenvalue weighted by Crippen LogP contribution is -2.17. The van der Waals surface area contributed by atoms with Crippen LogP contribution in [-0.2, 0) is 20.1 Å². The molecule has 0 saturated heterocycles. The highest BCUT2D eigenvalue weighted by atomic mass is 16.3. The Kier molecular flexibility index (Phi) is 5.89. The standard InChI is InChI=1S/C21H21N7O.C6H6O/c1-12-20(13(2)26(3)24-12)17-9-18(23-19-8-16(21(22)29)25-28(17)19)27-10-14-6-4-5-7-15(14)11-27;7-6-4-2-1-3-5-6/h4-9H,10-11H2,1-3H3,(H2,22,29);1-5,7H. The molecule has 182 valence electrons. The van der Waals surface area contributed by atoms with Crippen molar-refractivity contribution in [3.63, 3.8) is 0 Å². The fraction of sp³-hybridized carbons (Fsp3) is 0.185. The second kappa shape index (κ2) is 9.18. The maximum Gasteiger partial charge on any atom is 0.269 e. The van der Waals surface area contributed by atoms with E-state index >= 15 is 0 Å². The first-order valence-corrected chi connectivity index (χ1v) is 11.6. The number of benzene rings is 2. The van der Waals surface area contributed by atoms with Gasteiger partial charge in [0.1, 0.15) is 11.6 Å². The zero-order chi connectivity index (χ0) is 25.4. The third-order valence-corrected chi connectivity index (χ3v) is 6.35. The van der Waals surface area contributed by atoms with Gasteiger partial charge in [0.15, 0.2) is 11.3 Å². The fourth-order valence-corrected chi connectivity index (χ4v) is 4.49. The molecule has 36 heavy (non-hydrogen) atoms. The Morgan fingerprint density at radius 1 is 0.944 bits per heavy atom. The summed E-state index contributed by atoms with van der Waals surface area (Å²) < 4.78 is 3.53. The van der Waals surface area contributed by atoms with E-state index in [9.17, 15) is 4.79 Å². The third-order valence-electron chi connectivity index (χ3n) is 6.35. The number of anilines is 1. The van der Waals surface area contributed by atoms with Crippen molar-refractivity contribution >= 4 is 17.4 Å². The fourth-order valence-electron chi connectivity index (χ4n) is 4.49. The molecule has 9 nitrogen and oxygen atoms in total.